The van der Waals surface area contributed by atoms with Crippen molar-refractivity contribution in [2.45, 2.75) is 38.4 Å². The molecule has 0 spiro atoms. The van der Waals surface area contributed by atoms with Gasteiger partial charge in [-0.05, 0) is 24.3 Å². The summed E-state index contributed by atoms with van der Waals surface area (Å²) in [6.45, 7) is 3.04. The Morgan fingerprint density at radius 3 is 2.71 bits per heavy atom. The predicted molar refractivity (Wildman–Crippen MR) is 79.5 cm³/mol. The summed E-state index contributed by atoms with van der Waals surface area (Å²) in [4.78, 5) is 0. The first-order valence-corrected chi connectivity index (χ1v) is 7.26. The van der Waals surface area contributed by atoms with E-state index in [9.17, 15) is 0 Å². The van der Waals surface area contributed by atoms with Gasteiger partial charge in [-0.15, -0.1) is 5.10 Å². The zero-order valence-electron chi connectivity index (χ0n) is 12.1. The molecule has 21 heavy (non-hydrogen) atoms. The van der Waals surface area contributed by atoms with Crippen LogP contribution in [0.2, 0.25) is 0 Å². The van der Waals surface area contributed by atoms with Gasteiger partial charge >= 0.3 is 0 Å². The lowest BCUT2D eigenvalue weighted by Crippen LogP contribution is -2.34. The van der Waals surface area contributed by atoms with Gasteiger partial charge in [-0.3, -0.25) is 4.68 Å². The summed E-state index contributed by atoms with van der Waals surface area (Å²) in [5, 5.41) is 8.46. The van der Waals surface area contributed by atoms with Crippen molar-refractivity contribution >= 4 is 0 Å². The number of benzene rings is 1. The van der Waals surface area contributed by atoms with Crippen LogP contribution in [0, 0.1) is 0 Å². The highest BCUT2D eigenvalue weighted by Crippen LogP contribution is 2.18. The number of rotatable bonds is 6. The summed E-state index contributed by atoms with van der Waals surface area (Å²) in [6.07, 6.45) is 4.06. The maximum Gasteiger partial charge on any atom is 0.0876 e. The van der Waals surface area contributed by atoms with Crippen LogP contribution in [0.4, 0.5) is 0 Å². The minimum atomic E-state index is 0.195. The third-order valence-electron chi connectivity index (χ3n) is 3.67. The minimum absolute atomic E-state index is 0.195. The van der Waals surface area contributed by atoms with Gasteiger partial charge < -0.3 is 0 Å². The first-order chi connectivity index (χ1) is 10.3. The van der Waals surface area contributed by atoms with Crippen molar-refractivity contribution < 1.29 is 0 Å². The Hall–Kier alpha value is -1.80. The van der Waals surface area contributed by atoms with Gasteiger partial charge in [0, 0.05) is 12.7 Å². The molecule has 0 bridgehead atoms. The van der Waals surface area contributed by atoms with Crippen molar-refractivity contribution in [3.63, 3.8) is 0 Å². The Balaban J connectivity index is 1.52. The maximum atomic E-state index is 4.27. The fourth-order valence-corrected chi connectivity index (χ4v) is 2.44. The molecule has 2 aromatic rings. The molecule has 7 heteroatoms. The van der Waals surface area contributed by atoms with Crippen molar-refractivity contribution in [2.24, 2.45) is 0 Å². The van der Waals surface area contributed by atoms with Crippen LogP contribution >= 0.6 is 0 Å². The van der Waals surface area contributed by atoms with Gasteiger partial charge in [-0.1, -0.05) is 42.5 Å². The van der Waals surface area contributed by atoms with Gasteiger partial charge in [0.25, 0.3) is 0 Å². The average Bonchev–Trinajstić information content (AvgIpc) is 3.17. The van der Waals surface area contributed by atoms with E-state index in [2.05, 4.69) is 63.4 Å². The monoisotopic (exact) mass is 287 g/mol. The van der Waals surface area contributed by atoms with Crippen LogP contribution in [0.3, 0.4) is 0 Å². The molecule has 7 nitrogen and oxygen atoms in total. The number of nitrogens with one attached hydrogen (secondary N) is 4. The fraction of sp³-hybridized carbons (Fsp3) is 0.429. The van der Waals surface area contributed by atoms with Crippen molar-refractivity contribution in [2.75, 3.05) is 0 Å². The van der Waals surface area contributed by atoms with Gasteiger partial charge in [-0.2, -0.15) is 11.1 Å². The molecular weight excluding hydrogens is 266 g/mol. The third-order valence-corrected chi connectivity index (χ3v) is 3.67. The van der Waals surface area contributed by atoms with Gasteiger partial charge in [0.1, 0.15) is 0 Å². The van der Waals surface area contributed by atoms with Crippen molar-refractivity contribution in [3.05, 3.63) is 47.8 Å². The molecule has 1 unspecified atom stereocenters. The number of aromatic nitrogens is 3. The number of hydrazine groups is 3. The standard InChI is InChI=1S/C14H21N7/c1-11(12-5-3-2-4-6-12)9-13-10-21(20-15-13)8-7-14-16-18-19-17-14/h2-6,10-11,14,16-19H,7-9H2,1H3. The quantitative estimate of drug-likeness (QED) is 0.618. The number of nitrogens with zero attached hydrogens (tertiary/aromatic N) is 3. The molecule has 3 rings (SSSR count). The lowest BCUT2D eigenvalue weighted by molar-refractivity contribution is 0.432. The largest absolute Gasteiger partial charge is 0.252 e. The van der Waals surface area contributed by atoms with Crippen LogP contribution in [-0.2, 0) is 13.0 Å². The molecule has 0 amide bonds. The molecule has 0 aliphatic carbocycles. The number of hydrogen-bond acceptors (Lipinski definition) is 6. The Bertz CT molecular complexity index is 547. The summed E-state index contributed by atoms with van der Waals surface area (Å²) in [5.74, 6) is 0.447. The SMILES string of the molecule is CC(Cc1cn(CCC2NNNN2)nn1)c1ccccc1. The second-order valence-electron chi connectivity index (χ2n) is 5.37. The van der Waals surface area contributed by atoms with Crippen LogP contribution < -0.4 is 21.9 Å². The van der Waals surface area contributed by atoms with E-state index in [1.54, 1.807) is 0 Å². The summed E-state index contributed by atoms with van der Waals surface area (Å²) >= 11 is 0. The maximum absolute atomic E-state index is 4.27. The molecule has 2 heterocycles. The van der Waals surface area contributed by atoms with Crippen molar-refractivity contribution in [1.29, 1.82) is 0 Å². The highest BCUT2D eigenvalue weighted by molar-refractivity contribution is 5.20. The number of hydrogen-bond donors (Lipinski definition) is 4. The summed E-state index contributed by atoms with van der Waals surface area (Å²) < 4.78 is 1.90. The van der Waals surface area contributed by atoms with E-state index >= 15 is 0 Å². The van der Waals surface area contributed by atoms with Crippen LogP contribution in [0.1, 0.15) is 30.5 Å². The van der Waals surface area contributed by atoms with E-state index in [1.807, 2.05) is 16.9 Å². The average molecular weight is 287 g/mol. The Morgan fingerprint density at radius 1 is 1.19 bits per heavy atom. The van der Waals surface area contributed by atoms with E-state index in [0.29, 0.717) is 5.92 Å². The van der Waals surface area contributed by atoms with E-state index in [-0.39, 0.29) is 6.17 Å². The van der Waals surface area contributed by atoms with Gasteiger partial charge in [0.05, 0.1) is 11.9 Å². The lowest BCUT2D eigenvalue weighted by atomic mass is 9.97. The number of aryl methyl sites for hydroxylation is 1. The van der Waals surface area contributed by atoms with E-state index in [1.165, 1.54) is 5.56 Å². The Morgan fingerprint density at radius 2 is 1.95 bits per heavy atom. The van der Waals surface area contributed by atoms with Crippen LogP contribution in [0.25, 0.3) is 0 Å². The van der Waals surface area contributed by atoms with Gasteiger partial charge in [0.2, 0.25) is 0 Å². The molecule has 1 aromatic carbocycles. The molecule has 0 saturated carbocycles. The lowest BCUT2D eigenvalue weighted by Gasteiger charge is -2.09. The molecule has 1 aliphatic rings. The highest BCUT2D eigenvalue weighted by Gasteiger charge is 2.13. The molecule has 1 aliphatic heterocycles. The second-order valence-corrected chi connectivity index (χ2v) is 5.37. The van der Waals surface area contributed by atoms with E-state index < -0.39 is 0 Å². The highest BCUT2D eigenvalue weighted by atomic mass is 15.8. The molecule has 1 atom stereocenters. The van der Waals surface area contributed by atoms with Crippen LogP contribution in [0.5, 0.6) is 0 Å². The van der Waals surface area contributed by atoms with E-state index in [0.717, 1.165) is 25.1 Å². The fourth-order valence-electron chi connectivity index (χ4n) is 2.44. The normalized spacial score (nSPS) is 17.2. The van der Waals surface area contributed by atoms with Crippen LogP contribution in [-0.4, -0.2) is 21.2 Å². The first-order valence-electron chi connectivity index (χ1n) is 7.26. The minimum Gasteiger partial charge on any atom is -0.252 e. The molecule has 1 fully saturated rings. The van der Waals surface area contributed by atoms with Gasteiger partial charge in [0.15, 0.2) is 0 Å². The predicted octanol–water partition coefficient (Wildman–Crippen LogP) is 0.458. The van der Waals surface area contributed by atoms with Crippen molar-refractivity contribution in [1.82, 2.24) is 36.9 Å². The molecule has 1 aromatic heterocycles. The molecular formula is C14H21N7. The molecule has 4 N–H and O–H groups in total. The smallest absolute Gasteiger partial charge is 0.0876 e. The third kappa shape index (κ3) is 3.85. The summed E-state index contributed by atoms with van der Waals surface area (Å²) in [7, 11) is 0. The topological polar surface area (TPSA) is 78.8 Å². The molecule has 1 saturated heterocycles. The molecule has 112 valence electrons. The summed E-state index contributed by atoms with van der Waals surface area (Å²) in [5.41, 5.74) is 14.1. The van der Waals surface area contributed by atoms with Crippen LogP contribution in [0.15, 0.2) is 36.5 Å². The van der Waals surface area contributed by atoms with Gasteiger partial charge in [-0.25, -0.2) is 10.9 Å². The molecule has 0 radical (unpaired) electrons. The zero-order chi connectivity index (χ0) is 14.5. The Labute approximate surface area is 124 Å². The first kappa shape index (κ1) is 14.2. The second kappa shape index (κ2) is 6.77. The van der Waals surface area contributed by atoms with Crippen molar-refractivity contribution in [3.8, 4) is 0 Å². The zero-order valence-corrected chi connectivity index (χ0v) is 12.1. The van der Waals surface area contributed by atoms with E-state index in [4.69, 9.17) is 0 Å². The summed E-state index contributed by atoms with van der Waals surface area (Å²) in [6, 6.07) is 10.5. The Kier molecular flexibility index (Phi) is 4.56.